The van der Waals surface area contributed by atoms with Gasteiger partial charge in [0.15, 0.2) is 0 Å². The first kappa shape index (κ1) is 12.0. The predicted octanol–water partition coefficient (Wildman–Crippen LogP) is 3.12. The fourth-order valence-corrected chi connectivity index (χ4v) is 3.91. The lowest BCUT2D eigenvalue weighted by atomic mass is 9.98. The molecule has 1 fully saturated rings. The monoisotopic (exact) mass is 252 g/mol. The zero-order chi connectivity index (χ0) is 11.4. The molecule has 2 rings (SSSR count). The third-order valence-corrected chi connectivity index (χ3v) is 5.23. The molecule has 1 aliphatic rings. The normalized spacial score (nSPS) is 19.0. The minimum absolute atomic E-state index is 0.302. The van der Waals surface area contributed by atoms with Crippen molar-refractivity contribution < 1.29 is 0 Å². The number of nitriles is 1. The third-order valence-electron chi connectivity index (χ3n) is 2.90. The number of nitrogens with zero attached hydrogens (tertiary/aromatic N) is 1. The van der Waals surface area contributed by atoms with Crippen LogP contribution in [0, 0.1) is 17.2 Å². The molecular weight excluding hydrogens is 236 g/mol. The summed E-state index contributed by atoms with van der Waals surface area (Å²) in [5, 5.41) is 14.9. The summed E-state index contributed by atoms with van der Waals surface area (Å²) in [6.45, 7) is 2.94. The van der Waals surface area contributed by atoms with E-state index in [1.54, 1.807) is 23.1 Å². The maximum absolute atomic E-state index is 9.42. The molecule has 1 heterocycles. The van der Waals surface area contributed by atoms with E-state index in [-0.39, 0.29) is 5.54 Å². The summed E-state index contributed by atoms with van der Waals surface area (Å²) in [6, 6.07) is 6.70. The number of hydrogen-bond donors (Lipinski definition) is 1. The quantitative estimate of drug-likeness (QED) is 0.790. The van der Waals surface area contributed by atoms with Gasteiger partial charge in [0, 0.05) is 5.75 Å². The van der Waals surface area contributed by atoms with Gasteiger partial charge in [0.05, 0.1) is 10.3 Å². The molecule has 1 unspecified atom stereocenters. The number of hydrogen-bond acceptors (Lipinski definition) is 4. The Bertz CT molecular complexity index is 365. The maximum Gasteiger partial charge on any atom is 0.119 e. The van der Waals surface area contributed by atoms with Crippen LogP contribution in [-0.2, 0) is 0 Å². The van der Waals surface area contributed by atoms with E-state index in [0.29, 0.717) is 5.92 Å². The Balaban J connectivity index is 1.99. The maximum atomic E-state index is 9.42. The van der Waals surface area contributed by atoms with Crippen molar-refractivity contribution in [2.75, 3.05) is 12.3 Å². The largest absolute Gasteiger partial charge is 0.299 e. The van der Waals surface area contributed by atoms with Crippen molar-refractivity contribution in [2.45, 2.75) is 29.5 Å². The molecule has 0 radical (unpaired) electrons. The van der Waals surface area contributed by atoms with E-state index in [1.807, 2.05) is 0 Å². The standard InChI is InChI=1S/C12H16N2S2/c1-2-14-12(8-13,10-5-6-10)9-16-11-4-3-7-15-11/h3-4,7,10,14H,2,5-6,9H2,1H3. The lowest BCUT2D eigenvalue weighted by Crippen LogP contribution is -2.48. The van der Waals surface area contributed by atoms with Gasteiger partial charge in [0.2, 0.25) is 0 Å². The van der Waals surface area contributed by atoms with Crippen LogP contribution < -0.4 is 5.32 Å². The molecule has 4 heteroatoms. The van der Waals surface area contributed by atoms with E-state index in [2.05, 4.69) is 35.8 Å². The summed E-state index contributed by atoms with van der Waals surface area (Å²) in [7, 11) is 0. The Labute approximate surface area is 105 Å². The van der Waals surface area contributed by atoms with Crippen LogP contribution in [0.2, 0.25) is 0 Å². The average Bonchev–Trinajstić information content (AvgIpc) is 3.03. The zero-order valence-electron chi connectivity index (χ0n) is 9.40. The summed E-state index contributed by atoms with van der Waals surface area (Å²) >= 11 is 3.55. The predicted molar refractivity (Wildman–Crippen MR) is 69.8 cm³/mol. The van der Waals surface area contributed by atoms with E-state index < -0.39 is 0 Å². The van der Waals surface area contributed by atoms with Gasteiger partial charge in [-0.05, 0) is 36.8 Å². The molecule has 1 aliphatic carbocycles. The molecule has 0 bridgehead atoms. The van der Waals surface area contributed by atoms with Gasteiger partial charge < -0.3 is 0 Å². The van der Waals surface area contributed by atoms with E-state index in [9.17, 15) is 5.26 Å². The van der Waals surface area contributed by atoms with Crippen LogP contribution in [0.4, 0.5) is 0 Å². The van der Waals surface area contributed by atoms with Gasteiger partial charge in [-0.2, -0.15) is 5.26 Å². The SMILES string of the molecule is CCNC(C#N)(CSc1cccs1)C1CC1. The second-order valence-corrected chi connectivity index (χ2v) is 6.33. The lowest BCUT2D eigenvalue weighted by molar-refractivity contribution is 0.416. The first-order valence-electron chi connectivity index (χ1n) is 5.63. The Morgan fingerprint density at radius 2 is 2.50 bits per heavy atom. The number of thioether (sulfide) groups is 1. The first-order chi connectivity index (χ1) is 7.80. The van der Waals surface area contributed by atoms with Crippen molar-refractivity contribution in [3.05, 3.63) is 17.5 Å². The summed E-state index contributed by atoms with van der Waals surface area (Å²) in [5.41, 5.74) is -0.302. The van der Waals surface area contributed by atoms with Crippen LogP contribution in [0.15, 0.2) is 21.7 Å². The summed E-state index contributed by atoms with van der Waals surface area (Å²) in [6.07, 6.45) is 2.40. The van der Waals surface area contributed by atoms with Crippen LogP contribution in [0.25, 0.3) is 0 Å². The molecule has 1 aromatic rings. The van der Waals surface area contributed by atoms with Crippen LogP contribution in [0.5, 0.6) is 0 Å². The molecule has 0 saturated heterocycles. The van der Waals surface area contributed by atoms with Gasteiger partial charge in [-0.25, -0.2) is 0 Å². The summed E-state index contributed by atoms with van der Waals surface area (Å²) < 4.78 is 1.30. The van der Waals surface area contributed by atoms with Gasteiger partial charge in [0.25, 0.3) is 0 Å². The number of rotatable bonds is 6. The average molecular weight is 252 g/mol. The fourth-order valence-electron chi connectivity index (χ4n) is 1.90. The van der Waals surface area contributed by atoms with E-state index in [1.165, 1.54) is 17.1 Å². The molecule has 1 aromatic heterocycles. The minimum atomic E-state index is -0.302. The Hall–Kier alpha value is -0.500. The summed E-state index contributed by atoms with van der Waals surface area (Å²) in [4.78, 5) is 0. The Morgan fingerprint density at radius 3 is 3.00 bits per heavy atom. The van der Waals surface area contributed by atoms with Crippen LogP contribution in [-0.4, -0.2) is 17.8 Å². The second-order valence-electron chi connectivity index (χ2n) is 4.11. The summed E-state index contributed by atoms with van der Waals surface area (Å²) in [5.74, 6) is 1.42. The highest BCUT2D eigenvalue weighted by Crippen LogP contribution is 2.42. The topological polar surface area (TPSA) is 35.8 Å². The van der Waals surface area contributed by atoms with Gasteiger partial charge in [-0.15, -0.1) is 23.1 Å². The molecule has 1 atom stereocenters. The van der Waals surface area contributed by atoms with Crippen LogP contribution >= 0.6 is 23.1 Å². The smallest absolute Gasteiger partial charge is 0.119 e. The molecule has 86 valence electrons. The third kappa shape index (κ3) is 2.60. The van der Waals surface area contributed by atoms with Crippen molar-refractivity contribution in [3.63, 3.8) is 0 Å². The fraction of sp³-hybridized carbons (Fsp3) is 0.583. The molecule has 16 heavy (non-hydrogen) atoms. The van der Waals surface area contributed by atoms with Crippen molar-refractivity contribution in [1.82, 2.24) is 5.32 Å². The molecule has 0 aromatic carbocycles. The van der Waals surface area contributed by atoms with Crippen LogP contribution in [0.1, 0.15) is 19.8 Å². The van der Waals surface area contributed by atoms with Crippen molar-refractivity contribution in [3.8, 4) is 6.07 Å². The first-order valence-corrected chi connectivity index (χ1v) is 7.50. The van der Waals surface area contributed by atoms with Crippen molar-refractivity contribution >= 4 is 23.1 Å². The molecular formula is C12H16N2S2. The second kappa shape index (κ2) is 5.22. The minimum Gasteiger partial charge on any atom is -0.299 e. The van der Waals surface area contributed by atoms with Gasteiger partial charge in [-0.1, -0.05) is 13.0 Å². The molecule has 0 aliphatic heterocycles. The van der Waals surface area contributed by atoms with Gasteiger partial charge in [-0.3, -0.25) is 5.32 Å². The Kier molecular flexibility index (Phi) is 3.91. The Morgan fingerprint density at radius 1 is 1.69 bits per heavy atom. The van der Waals surface area contributed by atoms with Crippen LogP contribution in [0.3, 0.4) is 0 Å². The highest BCUT2D eigenvalue weighted by molar-refractivity contribution is 8.01. The van der Waals surface area contributed by atoms with Crippen molar-refractivity contribution in [1.29, 1.82) is 5.26 Å². The molecule has 1 saturated carbocycles. The zero-order valence-corrected chi connectivity index (χ0v) is 11.0. The highest BCUT2D eigenvalue weighted by Gasteiger charge is 2.45. The molecule has 1 N–H and O–H groups in total. The van der Waals surface area contributed by atoms with E-state index >= 15 is 0 Å². The molecule has 0 spiro atoms. The van der Waals surface area contributed by atoms with Gasteiger partial charge in [0.1, 0.15) is 5.54 Å². The molecule has 0 amide bonds. The van der Waals surface area contributed by atoms with Crippen molar-refractivity contribution in [2.24, 2.45) is 5.92 Å². The lowest BCUT2D eigenvalue weighted by Gasteiger charge is -2.26. The number of nitrogens with one attached hydrogen (secondary N) is 1. The van der Waals surface area contributed by atoms with Gasteiger partial charge >= 0.3 is 0 Å². The molecule has 2 nitrogen and oxygen atoms in total. The van der Waals surface area contributed by atoms with E-state index in [0.717, 1.165) is 12.3 Å². The van der Waals surface area contributed by atoms with E-state index in [4.69, 9.17) is 0 Å². The highest BCUT2D eigenvalue weighted by atomic mass is 32.2. The number of thiophene rings is 1.